The third-order valence-electron chi connectivity index (χ3n) is 5.87. The number of benzene rings is 2. The highest BCUT2D eigenvalue weighted by Crippen LogP contribution is 2.27. The van der Waals surface area contributed by atoms with Gasteiger partial charge < -0.3 is 18.5 Å². The molecule has 0 saturated carbocycles. The lowest BCUT2D eigenvalue weighted by Crippen LogP contribution is -2.16. The van der Waals surface area contributed by atoms with Gasteiger partial charge in [-0.3, -0.25) is 4.79 Å². The van der Waals surface area contributed by atoms with Crippen molar-refractivity contribution in [3.05, 3.63) is 99.7 Å². The van der Waals surface area contributed by atoms with Gasteiger partial charge in [0.05, 0.1) is 16.8 Å². The highest BCUT2D eigenvalue weighted by atomic mass is 79.9. The van der Waals surface area contributed by atoms with E-state index in [-0.39, 0.29) is 18.5 Å². The Bertz CT molecular complexity index is 1370. The van der Waals surface area contributed by atoms with Crippen LogP contribution in [0, 0.1) is 13.8 Å². The van der Waals surface area contributed by atoms with Gasteiger partial charge in [-0.2, -0.15) is 5.10 Å². The van der Waals surface area contributed by atoms with Crippen molar-refractivity contribution < 1.29 is 18.7 Å². The number of ether oxygens (including phenoxy) is 2. The Morgan fingerprint density at radius 1 is 1.08 bits per heavy atom. The Labute approximate surface area is 225 Å². The van der Waals surface area contributed by atoms with Crippen molar-refractivity contribution in [1.29, 1.82) is 0 Å². The first-order valence-electron chi connectivity index (χ1n) is 12.1. The highest BCUT2D eigenvalue weighted by molar-refractivity contribution is 9.10. The zero-order valence-corrected chi connectivity index (χ0v) is 22.9. The van der Waals surface area contributed by atoms with Crippen LogP contribution in [0.3, 0.4) is 0 Å². The molecule has 0 spiro atoms. The van der Waals surface area contributed by atoms with Gasteiger partial charge in [-0.05, 0) is 115 Å². The fourth-order valence-corrected chi connectivity index (χ4v) is 4.20. The molecule has 0 unspecified atom stereocenters. The summed E-state index contributed by atoms with van der Waals surface area (Å²) in [6, 6.07) is 21.0. The predicted molar refractivity (Wildman–Crippen MR) is 148 cm³/mol. The molecular formula is C29H30BrN3O4. The number of nitrogens with zero attached hydrogens (tertiary/aromatic N) is 2. The topological polar surface area (TPSA) is 78.0 Å². The largest absolute Gasteiger partial charge is 0.490 e. The molecule has 0 saturated heterocycles. The molecule has 0 aliphatic rings. The van der Waals surface area contributed by atoms with Crippen LogP contribution in [-0.4, -0.2) is 22.8 Å². The molecule has 2 aromatic heterocycles. The molecule has 4 rings (SSSR count). The number of furan rings is 1. The van der Waals surface area contributed by atoms with Crippen molar-refractivity contribution in [2.24, 2.45) is 5.10 Å². The van der Waals surface area contributed by atoms with Gasteiger partial charge in [-0.1, -0.05) is 6.92 Å². The third-order valence-corrected chi connectivity index (χ3v) is 6.49. The molecule has 0 bridgehead atoms. The molecule has 1 N–H and O–H groups in total. The Morgan fingerprint density at radius 2 is 1.81 bits per heavy atom. The quantitative estimate of drug-likeness (QED) is 0.167. The fourth-order valence-electron chi connectivity index (χ4n) is 3.71. The molecule has 0 fully saturated rings. The van der Waals surface area contributed by atoms with Crippen molar-refractivity contribution in [3.8, 4) is 17.2 Å². The summed E-state index contributed by atoms with van der Waals surface area (Å²) in [6.07, 6.45) is 2.61. The third kappa shape index (κ3) is 6.71. The monoisotopic (exact) mass is 563 g/mol. The minimum absolute atomic E-state index is 0.128. The van der Waals surface area contributed by atoms with E-state index in [1.165, 1.54) is 11.4 Å². The molecule has 2 heterocycles. The van der Waals surface area contributed by atoms with Gasteiger partial charge in [0.15, 0.2) is 5.76 Å². The van der Waals surface area contributed by atoms with Crippen LogP contribution in [0.1, 0.15) is 53.5 Å². The van der Waals surface area contributed by atoms with Crippen molar-refractivity contribution in [2.45, 2.75) is 46.8 Å². The van der Waals surface area contributed by atoms with Crippen LogP contribution in [-0.2, 0) is 6.61 Å². The first kappa shape index (κ1) is 26.3. The highest BCUT2D eigenvalue weighted by Gasteiger charge is 2.12. The summed E-state index contributed by atoms with van der Waals surface area (Å²) in [6.45, 7) is 8.45. The van der Waals surface area contributed by atoms with Crippen LogP contribution in [0.25, 0.3) is 5.69 Å². The number of rotatable bonds is 10. The van der Waals surface area contributed by atoms with Crippen LogP contribution in [0.15, 0.2) is 80.7 Å². The Balaban J connectivity index is 1.29. The Hall–Kier alpha value is -3.78. The summed E-state index contributed by atoms with van der Waals surface area (Å²) in [5.74, 6) is 1.73. The first-order chi connectivity index (χ1) is 17.8. The summed E-state index contributed by atoms with van der Waals surface area (Å²) >= 11 is 3.51. The first-order valence-corrected chi connectivity index (χ1v) is 12.9. The van der Waals surface area contributed by atoms with Gasteiger partial charge in [0.1, 0.15) is 23.9 Å². The summed E-state index contributed by atoms with van der Waals surface area (Å²) in [4.78, 5) is 12.4. The average molecular weight is 564 g/mol. The second-order valence-electron chi connectivity index (χ2n) is 8.73. The van der Waals surface area contributed by atoms with Gasteiger partial charge in [0.2, 0.25) is 0 Å². The smallest absolute Gasteiger partial charge is 0.307 e. The number of amides is 1. The molecule has 1 amide bonds. The molecule has 4 aromatic rings. The molecule has 1 atom stereocenters. The van der Waals surface area contributed by atoms with Crippen molar-refractivity contribution in [3.63, 3.8) is 0 Å². The van der Waals surface area contributed by atoms with Crippen molar-refractivity contribution in [1.82, 2.24) is 9.99 Å². The van der Waals surface area contributed by atoms with E-state index in [2.05, 4.69) is 63.9 Å². The van der Waals surface area contributed by atoms with Crippen LogP contribution >= 0.6 is 15.9 Å². The van der Waals surface area contributed by atoms with E-state index in [0.717, 1.165) is 27.9 Å². The number of aryl methyl sites for hydroxylation is 2. The standard InChI is InChI=1S/C29H30BrN3O4/c1-5-21(4)36-27-14-8-22(16-26(27)30)17-31-32-29(34)28-15-13-25(37-28)18-35-24-11-9-23(10-12-24)33-19(2)6-7-20(33)3/h6-17,21H,5,18H2,1-4H3,(H,32,34)/b31-17+/t21-/m1/s1. The van der Waals surface area contributed by atoms with Crippen LogP contribution in [0.5, 0.6) is 11.5 Å². The van der Waals surface area contributed by atoms with Crippen LogP contribution < -0.4 is 14.9 Å². The zero-order valence-electron chi connectivity index (χ0n) is 21.3. The van der Waals surface area contributed by atoms with Gasteiger partial charge in [-0.25, -0.2) is 5.43 Å². The van der Waals surface area contributed by atoms with E-state index >= 15 is 0 Å². The number of halogens is 1. The minimum atomic E-state index is -0.444. The molecular weight excluding hydrogens is 534 g/mol. The number of aromatic nitrogens is 1. The predicted octanol–water partition coefficient (Wildman–Crippen LogP) is 6.97. The number of carbonyl (C=O) groups is 1. The van der Waals surface area contributed by atoms with E-state index in [0.29, 0.717) is 11.5 Å². The maximum atomic E-state index is 12.4. The number of nitrogens with one attached hydrogen (secondary N) is 1. The second-order valence-corrected chi connectivity index (χ2v) is 9.58. The molecule has 37 heavy (non-hydrogen) atoms. The number of hydrogen-bond donors (Lipinski definition) is 1. The average Bonchev–Trinajstić information content (AvgIpc) is 3.50. The molecule has 8 heteroatoms. The number of carbonyl (C=O) groups excluding carboxylic acids is 1. The molecule has 2 aromatic carbocycles. The second kappa shape index (κ2) is 12.0. The van der Waals surface area contributed by atoms with Crippen molar-refractivity contribution >= 4 is 28.1 Å². The van der Waals surface area contributed by atoms with Gasteiger partial charge in [0, 0.05) is 17.1 Å². The summed E-state index contributed by atoms with van der Waals surface area (Å²) < 4.78 is 20.3. The van der Waals surface area contributed by atoms with E-state index in [1.807, 2.05) is 49.4 Å². The lowest BCUT2D eigenvalue weighted by molar-refractivity contribution is 0.0923. The molecule has 192 valence electrons. The summed E-state index contributed by atoms with van der Waals surface area (Å²) in [5, 5.41) is 4.03. The maximum Gasteiger partial charge on any atom is 0.307 e. The van der Waals surface area contributed by atoms with Crippen LogP contribution in [0.2, 0.25) is 0 Å². The Morgan fingerprint density at radius 3 is 2.49 bits per heavy atom. The van der Waals surface area contributed by atoms with E-state index < -0.39 is 5.91 Å². The van der Waals surface area contributed by atoms with E-state index in [4.69, 9.17) is 13.9 Å². The minimum Gasteiger partial charge on any atom is -0.490 e. The Kier molecular flexibility index (Phi) is 8.50. The zero-order chi connectivity index (χ0) is 26.4. The van der Waals surface area contributed by atoms with Gasteiger partial charge in [0.25, 0.3) is 0 Å². The molecule has 0 aliphatic carbocycles. The molecule has 0 radical (unpaired) electrons. The summed E-state index contributed by atoms with van der Waals surface area (Å²) in [7, 11) is 0. The lowest BCUT2D eigenvalue weighted by Gasteiger charge is -2.14. The van der Waals surface area contributed by atoms with E-state index in [9.17, 15) is 4.79 Å². The molecule has 7 nitrogen and oxygen atoms in total. The summed E-state index contributed by atoms with van der Waals surface area (Å²) in [5.41, 5.74) is 6.72. The molecule has 0 aliphatic heterocycles. The van der Waals surface area contributed by atoms with E-state index in [1.54, 1.807) is 18.3 Å². The van der Waals surface area contributed by atoms with Crippen molar-refractivity contribution in [2.75, 3.05) is 0 Å². The van der Waals surface area contributed by atoms with Gasteiger partial charge >= 0.3 is 5.91 Å². The lowest BCUT2D eigenvalue weighted by atomic mass is 10.2. The number of hydrogen-bond acceptors (Lipinski definition) is 5. The van der Waals surface area contributed by atoms with Gasteiger partial charge in [-0.15, -0.1) is 0 Å². The van der Waals surface area contributed by atoms with Crippen LogP contribution in [0.4, 0.5) is 0 Å². The normalized spacial score (nSPS) is 12.0. The fraction of sp³-hybridized carbons (Fsp3) is 0.241. The SMILES string of the molecule is CC[C@@H](C)Oc1ccc(/C=N/NC(=O)c2ccc(COc3ccc(-n4c(C)ccc4C)cc3)o2)cc1Br. The maximum absolute atomic E-state index is 12.4. The number of hydrazone groups is 1.